The van der Waals surface area contributed by atoms with Gasteiger partial charge in [-0.3, -0.25) is 0 Å². The molecular formula is C12H18O3. The maximum atomic E-state index is 8.99. The van der Waals surface area contributed by atoms with Gasteiger partial charge >= 0.3 is 0 Å². The molecule has 0 heterocycles. The van der Waals surface area contributed by atoms with Crippen LogP contribution in [0.2, 0.25) is 0 Å². The van der Waals surface area contributed by atoms with Crippen LogP contribution in [0.1, 0.15) is 12.5 Å². The zero-order valence-electron chi connectivity index (χ0n) is 9.49. The SMILES string of the molecule is COc1cc(C[C@H](C)CO)cc(OC)c1. The van der Waals surface area contributed by atoms with Crippen LogP contribution >= 0.6 is 0 Å². The summed E-state index contributed by atoms with van der Waals surface area (Å²) < 4.78 is 10.3. The molecule has 0 bridgehead atoms. The highest BCUT2D eigenvalue weighted by Crippen LogP contribution is 2.24. The van der Waals surface area contributed by atoms with Gasteiger partial charge in [0.25, 0.3) is 0 Å². The second-order valence-corrected chi connectivity index (χ2v) is 3.71. The molecule has 1 atom stereocenters. The number of rotatable bonds is 5. The third kappa shape index (κ3) is 3.44. The van der Waals surface area contributed by atoms with Gasteiger partial charge in [-0.05, 0) is 30.0 Å². The zero-order valence-corrected chi connectivity index (χ0v) is 9.49. The van der Waals surface area contributed by atoms with Crippen molar-refractivity contribution in [3.63, 3.8) is 0 Å². The predicted octanol–water partition coefficient (Wildman–Crippen LogP) is 1.87. The standard InChI is InChI=1S/C12H18O3/c1-9(8-13)4-10-5-11(14-2)7-12(6-10)15-3/h5-7,9,13H,4,8H2,1-3H3/t9-/m0/s1. The Morgan fingerprint density at radius 1 is 1.13 bits per heavy atom. The largest absolute Gasteiger partial charge is 0.497 e. The lowest BCUT2D eigenvalue weighted by Gasteiger charge is -2.11. The van der Waals surface area contributed by atoms with E-state index < -0.39 is 0 Å². The van der Waals surface area contributed by atoms with Crippen molar-refractivity contribution in [1.82, 2.24) is 0 Å². The Labute approximate surface area is 90.6 Å². The van der Waals surface area contributed by atoms with Crippen LogP contribution in [-0.4, -0.2) is 25.9 Å². The highest BCUT2D eigenvalue weighted by molar-refractivity contribution is 5.38. The van der Waals surface area contributed by atoms with Crippen LogP contribution in [0.15, 0.2) is 18.2 Å². The van der Waals surface area contributed by atoms with Crippen LogP contribution in [-0.2, 0) is 6.42 Å². The average Bonchev–Trinajstić information content (AvgIpc) is 2.28. The summed E-state index contributed by atoms with van der Waals surface area (Å²) in [5, 5.41) is 8.99. The van der Waals surface area contributed by atoms with E-state index in [0.29, 0.717) is 0 Å². The number of ether oxygens (including phenoxy) is 2. The molecule has 0 spiro atoms. The Kier molecular flexibility index (Phi) is 4.43. The normalized spacial score (nSPS) is 12.3. The van der Waals surface area contributed by atoms with E-state index in [0.717, 1.165) is 23.5 Å². The first-order valence-corrected chi connectivity index (χ1v) is 5.02. The summed E-state index contributed by atoms with van der Waals surface area (Å²) in [7, 11) is 3.27. The summed E-state index contributed by atoms with van der Waals surface area (Å²) in [4.78, 5) is 0. The van der Waals surface area contributed by atoms with E-state index in [1.807, 2.05) is 25.1 Å². The maximum Gasteiger partial charge on any atom is 0.122 e. The molecule has 84 valence electrons. The molecule has 0 saturated heterocycles. The minimum Gasteiger partial charge on any atom is -0.497 e. The van der Waals surface area contributed by atoms with Gasteiger partial charge in [0.1, 0.15) is 11.5 Å². The molecule has 0 aliphatic carbocycles. The molecule has 3 nitrogen and oxygen atoms in total. The fraction of sp³-hybridized carbons (Fsp3) is 0.500. The lowest BCUT2D eigenvalue weighted by molar-refractivity contribution is 0.237. The molecule has 0 unspecified atom stereocenters. The van der Waals surface area contributed by atoms with E-state index in [2.05, 4.69) is 0 Å². The van der Waals surface area contributed by atoms with Crippen molar-refractivity contribution < 1.29 is 14.6 Å². The van der Waals surface area contributed by atoms with Crippen molar-refractivity contribution in [2.75, 3.05) is 20.8 Å². The summed E-state index contributed by atoms with van der Waals surface area (Å²) in [5.74, 6) is 1.82. The van der Waals surface area contributed by atoms with Gasteiger partial charge < -0.3 is 14.6 Å². The van der Waals surface area contributed by atoms with Gasteiger partial charge in [0.05, 0.1) is 14.2 Å². The molecule has 0 aliphatic rings. The fourth-order valence-corrected chi connectivity index (χ4v) is 1.45. The lowest BCUT2D eigenvalue weighted by Crippen LogP contribution is -2.04. The van der Waals surface area contributed by atoms with Gasteiger partial charge in [-0.15, -0.1) is 0 Å². The summed E-state index contributed by atoms with van der Waals surface area (Å²) in [6.45, 7) is 2.20. The zero-order chi connectivity index (χ0) is 11.3. The first-order chi connectivity index (χ1) is 7.19. The van der Waals surface area contributed by atoms with Crippen LogP contribution in [0.25, 0.3) is 0 Å². The maximum absolute atomic E-state index is 8.99. The number of aliphatic hydroxyl groups excluding tert-OH is 1. The molecule has 1 aromatic rings. The fourth-order valence-electron chi connectivity index (χ4n) is 1.45. The number of hydrogen-bond acceptors (Lipinski definition) is 3. The van der Waals surface area contributed by atoms with Crippen LogP contribution in [0.5, 0.6) is 11.5 Å². The molecular weight excluding hydrogens is 192 g/mol. The van der Waals surface area contributed by atoms with Crippen molar-refractivity contribution in [3.8, 4) is 11.5 Å². The van der Waals surface area contributed by atoms with E-state index in [1.54, 1.807) is 14.2 Å². The van der Waals surface area contributed by atoms with Crippen molar-refractivity contribution in [2.24, 2.45) is 5.92 Å². The van der Waals surface area contributed by atoms with Crippen LogP contribution < -0.4 is 9.47 Å². The van der Waals surface area contributed by atoms with Crippen molar-refractivity contribution in [3.05, 3.63) is 23.8 Å². The van der Waals surface area contributed by atoms with E-state index in [9.17, 15) is 0 Å². The third-order valence-electron chi connectivity index (χ3n) is 2.31. The topological polar surface area (TPSA) is 38.7 Å². The molecule has 0 aromatic heterocycles. The molecule has 3 heteroatoms. The van der Waals surface area contributed by atoms with E-state index in [-0.39, 0.29) is 12.5 Å². The molecule has 0 amide bonds. The molecule has 1 aromatic carbocycles. The summed E-state index contributed by atoms with van der Waals surface area (Å²) in [5.41, 5.74) is 1.12. The van der Waals surface area contributed by atoms with Gasteiger partial charge in [0, 0.05) is 12.7 Å². The second kappa shape index (κ2) is 5.61. The van der Waals surface area contributed by atoms with Crippen molar-refractivity contribution >= 4 is 0 Å². The Morgan fingerprint density at radius 2 is 1.67 bits per heavy atom. The van der Waals surface area contributed by atoms with Gasteiger partial charge in [0.15, 0.2) is 0 Å². The highest BCUT2D eigenvalue weighted by atomic mass is 16.5. The van der Waals surface area contributed by atoms with E-state index in [4.69, 9.17) is 14.6 Å². The molecule has 1 rings (SSSR count). The first-order valence-electron chi connectivity index (χ1n) is 5.02. The quantitative estimate of drug-likeness (QED) is 0.806. The Morgan fingerprint density at radius 3 is 2.07 bits per heavy atom. The highest BCUT2D eigenvalue weighted by Gasteiger charge is 2.05. The lowest BCUT2D eigenvalue weighted by atomic mass is 10.0. The minimum atomic E-state index is 0.194. The number of aliphatic hydroxyl groups is 1. The average molecular weight is 210 g/mol. The number of hydrogen-bond donors (Lipinski definition) is 1. The van der Waals surface area contributed by atoms with Crippen molar-refractivity contribution in [1.29, 1.82) is 0 Å². The summed E-state index contributed by atoms with van der Waals surface area (Å²) in [6.07, 6.45) is 0.823. The molecule has 1 N–H and O–H groups in total. The molecule has 0 aliphatic heterocycles. The Balaban J connectivity index is 2.86. The van der Waals surface area contributed by atoms with E-state index >= 15 is 0 Å². The van der Waals surface area contributed by atoms with E-state index in [1.165, 1.54) is 0 Å². The monoisotopic (exact) mass is 210 g/mol. The van der Waals surface area contributed by atoms with Gasteiger partial charge in [-0.2, -0.15) is 0 Å². The number of benzene rings is 1. The summed E-state index contributed by atoms with van der Waals surface area (Å²) >= 11 is 0. The Hall–Kier alpha value is -1.22. The molecule has 0 fully saturated rings. The summed E-state index contributed by atoms with van der Waals surface area (Å²) in [6, 6.07) is 5.77. The molecule has 15 heavy (non-hydrogen) atoms. The molecule has 0 saturated carbocycles. The van der Waals surface area contributed by atoms with Crippen LogP contribution in [0.4, 0.5) is 0 Å². The smallest absolute Gasteiger partial charge is 0.122 e. The van der Waals surface area contributed by atoms with Crippen LogP contribution in [0, 0.1) is 5.92 Å². The number of methoxy groups -OCH3 is 2. The minimum absolute atomic E-state index is 0.194. The third-order valence-corrected chi connectivity index (χ3v) is 2.31. The van der Waals surface area contributed by atoms with Crippen molar-refractivity contribution in [2.45, 2.75) is 13.3 Å². The van der Waals surface area contributed by atoms with Crippen LogP contribution in [0.3, 0.4) is 0 Å². The van der Waals surface area contributed by atoms with Gasteiger partial charge in [0.2, 0.25) is 0 Å². The second-order valence-electron chi connectivity index (χ2n) is 3.71. The van der Waals surface area contributed by atoms with Gasteiger partial charge in [-0.25, -0.2) is 0 Å². The first kappa shape index (κ1) is 11.9. The Bertz CT molecular complexity index is 287. The molecule has 0 radical (unpaired) electrons. The van der Waals surface area contributed by atoms with Gasteiger partial charge in [-0.1, -0.05) is 6.92 Å². The predicted molar refractivity (Wildman–Crippen MR) is 59.5 cm³/mol.